The quantitative estimate of drug-likeness (QED) is 0.471. The SMILES string of the molecule is COC(=O)c1cc(N)cc2[nH]c(SC)nc12. The number of carbonyl (C=O) groups excluding carboxylic acids is 1. The highest BCUT2D eigenvalue weighted by Crippen LogP contribution is 2.24. The van der Waals surface area contributed by atoms with Gasteiger partial charge < -0.3 is 15.5 Å². The second-order valence-corrected chi connectivity index (χ2v) is 4.00. The molecule has 0 spiro atoms. The number of nitrogens with one attached hydrogen (secondary N) is 1. The Kier molecular flexibility index (Phi) is 2.74. The van der Waals surface area contributed by atoms with Crippen LogP contribution in [0.5, 0.6) is 0 Å². The summed E-state index contributed by atoms with van der Waals surface area (Å²) < 4.78 is 4.69. The van der Waals surface area contributed by atoms with Gasteiger partial charge in [-0.05, 0) is 18.4 Å². The maximum Gasteiger partial charge on any atom is 0.340 e. The normalized spacial score (nSPS) is 10.6. The number of benzene rings is 1. The van der Waals surface area contributed by atoms with Crippen molar-refractivity contribution in [1.82, 2.24) is 9.97 Å². The minimum absolute atomic E-state index is 0.383. The molecule has 0 amide bonds. The van der Waals surface area contributed by atoms with Crippen LogP contribution in [0.3, 0.4) is 0 Å². The van der Waals surface area contributed by atoms with Crippen molar-refractivity contribution < 1.29 is 9.53 Å². The minimum atomic E-state index is -0.434. The number of carbonyl (C=O) groups is 1. The van der Waals surface area contributed by atoms with Crippen LogP contribution in [-0.4, -0.2) is 29.3 Å². The Balaban J connectivity index is 2.70. The van der Waals surface area contributed by atoms with Crippen molar-refractivity contribution in [3.8, 4) is 0 Å². The molecule has 0 atom stereocenters. The summed E-state index contributed by atoms with van der Waals surface area (Å²) in [4.78, 5) is 18.9. The molecule has 0 aliphatic rings. The van der Waals surface area contributed by atoms with E-state index in [9.17, 15) is 4.79 Å². The smallest absolute Gasteiger partial charge is 0.340 e. The molecule has 0 aliphatic carbocycles. The van der Waals surface area contributed by atoms with Crippen molar-refractivity contribution in [3.05, 3.63) is 17.7 Å². The van der Waals surface area contributed by atoms with Crippen LogP contribution in [0.25, 0.3) is 11.0 Å². The molecule has 1 heterocycles. The van der Waals surface area contributed by atoms with Gasteiger partial charge >= 0.3 is 5.97 Å². The number of methoxy groups -OCH3 is 1. The Bertz CT molecular complexity index is 550. The number of imidazole rings is 1. The lowest BCUT2D eigenvalue weighted by molar-refractivity contribution is 0.0603. The van der Waals surface area contributed by atoms with Crippen LogP contribution < -0.4 is 5.73 Å². The lowest BCUT2D eigenvalue weighted by Crippen LogP contribution is -2.03. The van der Waals surface area contributed by atoms with Crippen LogP contribution in [0, 0.1) is 0 Å². The first-order valence-corrected chi connectivity index (χ1v) is 5.79. The Morgan fingerprint density at radius 3 is 2.94 bits per heavy atom. The summed E-state index contributed by atoms with van der Waals surface area (Å²) in [6, 6.07) is 3.31. The number of aromatic nitrogens is 2. The lowest BCUT2D eigenvalue weighted by Gasteiger charge is -2.01. The molecule has 3 N–H and O–H groups in total. The number of ether oxygens (including phenoxy) is 1. The number of nitrogens with zero attached hydrogens (tertiary/aromatic N) is 1. The average molecular weight is 237 g/mol. The van der Waals surface area contributed by atoms with Gasteiger partial charge in [0, 0.05) is 5.69 Å². The predicted octanol–water partition coefficient (Wildman–Crippen LogP) is 1.65. The maximum absolute atomic E-state index is 11.5. The largest absolute Gasteiger partial charge is 0.465 e. The molecule has 2 rings (SSSR count). The Labute approximate surface area is 96.4 Å². The Hall–Kier alpha value is -1.69. The molecular formula is C10H11N3O2S. The molecule has 0 aliphatic heterocycles. The Morgan fingerprint density at radius 2 is 2.31 bits per heavy atom. The van der Waals surface area contributed by atoms with Gasteiger partial charge in [0.2, 0.25) is 0 Å². The molecule has 6 heteroatoms. The van der Waals surface area contributed by atoms with E-state index in [0.29, 0.717) is 16.8 Å². The third-order valence-corrected chi connectivity index (χ3v) is 2.77. The molecule has 5 nitrogen and oxygen atoms in total. The lowest BCUT2D eigenvalue weighted by atomic mass is 10.1. The van der Waals surface area contributed by atoms with E-state index in [0.717, 1.165) is 10.7 Å². The average Bonchev–Trinajstić information content (AvgIpc) is 2.69. The van der Waals surface area contributed by atoms with Crippen molar-refractivity contribution >= 4 is 34.5 Å². The molecule has 0 unspecified atom stereocenters. The fourth-order valence-corrected chi connectivity index (χ4v) is 1.87. The fourth-order valence-electron chi connectivity index (χ4n) is 1.48. The van der Waals surface area contributed by atoms with Gasteiger partial charge in [-0.15, -0.1) is 0 Å². The number of esters is 1. The number of hydrogen-bond donors (Lipinski definition) is 2. The van der Waals surface area contributed by atoms with E-state index >= 15 is 0 Å². The van der Waals surface area contributed by atoms with Gasteiger partial charge in [-0.3, -0.25) is 0 Å². The van der Waals surface area contributed by atoms with Crippen LogP contribution in [0.2, 0.25) is 0 Å². The monoisotopic (exact) mass is 237 g/mol. The molecule has 0 saturated heterocycles. The highest BCUT2D eigenvalue weighted by atomic mass is 32.2. The molecule has 16 heavy (non-hydrogen) atoms. The van der Waals surface area contributed by atoms with Gasteiger partial charge in [0.15, 0.2) is 5.16 Å². The first kappa shape index (κ1) is 10.8. The molecule has 0 fully saturated rings. The minimum Gasteiger partial charge on any atom is -0.465 e. The van der Waals surface area contributed by atoms with Gasteiger partial charge in [0.1, 0.15) is 5.52 Å². The second-order valence-electron chi connectivity index (χ2n) is 3.20. The van der Waals surface area contributed by atoms with Crippen LogP contribution in [-0.2, 0) is 4.74 Å². The number of anilines is 1. The fraction of sp³-hybridized carbons (Fsp3) is 0.200. The van der Waals surface area contributed by atoms with Gasteiger partial charge in [0.25, 0.3) is 0 Å². The van der Waals surface area contributed by atoms with Crippen LogP contribution in [0.15, 0.2) is 17.3 Å². The van der Waals surface area contributed by atoms with E-state index in [2.05, 4.69) is 14.7 Å². The number of rotatable bonds is 2. The zero-order chi connectivity index (χ0) is 11.7. The first-order chi connectivity index (χ1) is 7.65. The third-order valence-electron chi connectivity index (χ3n) is 2.19. The van der Waals surface area contributed by atoms with Crippen molar-refractivity contribution in [2.75, 3.05) is 19.1 Å². The molecule has 84 valence electrons. The summed E-state index contributed by atoms with van der Waals surface area (Å²) in [5.74, 6) is -0.434. The molecular weight excluding hydrogens is 226 g/mol. The molecule has 1 aromatic heterocycles. The summed E-state index contributed by atoms with van der Waals surface area (Å²) in [7, 11) is 1.33. The number of thioether (sulfide) groups is 1. The second kappa shape index (κ2) is 4.05. The van der Waals surface area contributed by atoms with E-state index in [1.165, 1.54) is 18.9 Å². The van der Waals surface area contributed by atoms with E-state index in [1.54, 1.807) is 12.1 Å². The highest BCUT2D eigenvalue weighted by molar-refractivity contribution is 7.98. The summed E-state index contributed by atoms with van der Waals surface area (Å²) in [6.45, 7) is 0. The van der Waals surface area contributed by atoms with Gasteiger partial charge in [-0.2, -0.15) is 0 Å². The number of hydrogen-bond acceptors (Lipinski definition) is 5. The molecule has 1 aromatic carbocycles. The van der Waals surface area contributed by atoms with E-state index in [1.807, 2.05) is 6.26 Å². The van der Waals surface area contributed by atoms with E-state index in [4.69, 9.17) is 5.73 Å². The number of nitrogens with two attached hydrogens (primary N) is 1. The first-order valence-electron chi connectivity index (χ1n) is 4.57. The number of H-pyrrole nitrogens is 1. The van der Waals surface area contributed by atoms with Crippen molar-refractivity contribution in [1.29, 1.82) is 0 Å². The number of nitrogen functional groups attached to an aromatic ring is 1. The zero-order valence-corrected chi connectivity index (χ0v) is 9.72. The topological polar surface area (TPSA) is 81.0 Å². The van der Waals surface area contributed by atoms with E-state index in [-0.39, 0.29) is 0 Å². The Morgan fingerprint density at radius 1 is 1.56 bits per heavy atom. The summed E-state index contributed by atoms with van der Waals surface area (Å²) in [5, 5.41) is 0.741. The standard InChI is InChI=1S/C10H11N3O2S/c1-15-9(14)6-3-5(11)4-7-8(6)13-10(12-7)16-2/h3-4H,11H2,1-2H3,(H,12,13). The molecule has 0 bridgehead atoms. The van der Waals surface area contributed by atoms with Crippen molar-refractivity contribution in [2.24, 2.45) is 0 Å². The zero-order valence-electron chi connectivity index (χ0n) is 8.90. The van der Waals surface area contributed by atoms with Crippen molar-refractivity contribution in [2.45, 2.75) is 5.16 Å². The van der Waals surface area contributed by atoms with Gasteiger partial charge in [0.05, 0.1) is 18.2 Å². The van der Waals surface area contributed by atoms with Gasteiger partial charge in [-0.1, -0.05) is 11.8 Å². The predicted molar refractivity (Wildman–Crippen MR) is 63.6 cm³/mol. The maximum atomic E-state index is 11.5. The summed E-state index contributed by atoms with van der Waals surface area (Å²) >= 11 is 1.47. The van der Waals surface area contributed by atoms with Gasteiger partial charge in [-0.25, -0.2) is 9.78 Å². The third kappa shape index (κ3) is 1.71. The summed E-state index contributed by atoms with van der Waals surface area (Å²) in [6.07, 6.45) is 1.90. The number of aromatic amines is 1. The number of fused-ring (bicyclic) bond motifs is 1. The summed E-state index contributed by atoms with van der Waals surface area (Å²) in [5.41, 5.74) is 7.92. The van der Waals surface area contributed by atoms with E-state index < -0.39 is 5.97 Å². The molecule has 0 radical (unpaired) electrons. The van der Waals surface area contributed by atoms with Crippen LogP contribution in [0.1, 0.15) is 10.4 Å². The van der Waals surface area contributed by atoms with Crippen molar-refractivity contribution in [3.63, 3.8) is 0 Å². The highest BCUT2D eigenvalue weighted by Gasteiger charge is 2.15. The van der Waals surface area contributed by atoms with Crippen LogP contribution >= 0.6 is 11.8 Å². The molecule has 2 aromatic rings. The van der Waals surface area contributed by atoms with Crippen LogP contribution in [0.4, 0.5) is 5.69 Å². The molecule has 0 saturated carbocycles.